The molecule has 2 unspecified atom stereocenters. The summed E-state index contributed by atoms with van der Waals surface area (Å²) in [7, 11) is 1.54. The zero-order chi connectivity index (χ0) is 23.4. The number of aromatic amines is 1. The van der Waals surface area contributed by atoms with Gasteiger partial charge in [0.05, 0.1) is 23.6 Å². The van der Waals surface area contributed by atoms with Gasteiger partial charge in [-0.25, -0.2) is 9.97 Å². The summed E-state index contributed by atoms with van der Waals surface area (Å²) >= 11 is 0. The van der Waals surface area contributed by atoms with Gasteiger partial charge in [-0.3, -0.25) is 19.4 Å². The monoisotopic (exact) mass is 466 g/mol. The number of aliphatic hydroxyl groups excluding tert-OH is 1. The fraction of sp³-hybridized carbons (Fsp3) is 0.583. The number of amides is 2. The first kappa shape index (κ1) is 21.5. The Bertz CT molecular complexity index is 1250. The first-order valence-electron chi connectivity index (χ1n) is 12.0. The molecule has 3 aromatic heterocycles. The van der Waals surface area contributed by atoms with Crippen LogP contribution in [0.1, 0.15) is 38.1 Å². The molecule has 4 bridgehead atoms. The Balaban J connectivity index is 1.39. The van der Waals surface area contributed by atoms with E-state index in [2.05, 4.69) is 30.4 Å². The molecule has 4 aliphatic carbocycles. The van der Waals surface area contributed by atoms with Gasteiger partial charge in [-0.05, 0) is 61.3 Å². The average Bonchev–Trinajstić information content (AvgIpc) is 3.43. The van der Waals surface area contributed by atoms with Gasteiger partial charge in [0.25, 0.3) is 0 Å². The van der Waals surface area contributed by atoms with Gasteiger partial charge in [-0.2, -0.15) is 0 Å². The van der Waals surface area contributed by atoms with Gasteiger partial charge >= 0.3 is 11.8 Å². The van der Waals surface area contributed by atoms with Crippen LogP contribution in [-0.4, -0.2) is 63.5 Å². The van der Waals surface area contributed by atoms with Gasteiger partial charge in [0, 0.05) is 38.0 Å². The van der Waals surface area contributed by atoms with Gasteiger partial charge in [0.1, 0.15) is 5.82 Å². The van der Waals surface area contributed by atoms with Crippen LogP contribution in [0.4, 0.5) is 5.82 Å². The van der Waals surface area contributed by atoms with E-state index >= 15 is 0 Å². The second-order valence-corrected chi connectivity index (χ2v) is 10.4. The lowest BCUT2D eigenvalue weighted by Crippen LogP contribution is -2.53. The molecule has 2 amide bonds. The van der Waals surface area contributed by atoms with Crippen LogP contribution in [0.5, 0.6) is 0 Å². The number of carbonyl (C=O) groups excluding carboxylic acids is 2. The minimum atomic E-state index is -0.739. The number of fused-ring (bicyclic) bond motifs is 3. The van der Waals surface area contributed by atoms with Crippen molar-refractivity contribution in [1.82, 2.24) is 25.1 Å². The van der Waals surface area contributed by atoms with Crippen molar-refractivity contribution in [2.75, 3.05) is 32.2 Å². The maximum absolute atomic E-state index is 12.6. The molecule has 4 fully saturated rings. The molecular formula is C24H30N6O4. The molecule has 0 aliphatic heterocycles. The molecule has 2 atom stereocenters. The SMILES string of the molecule is COCCNC(=O)C(=O)Nc1[nH]n(C2C3CC4CC2CC(CO)(C4)C3)c2c1cnc1nccc12. The number of ether oxygens (including phenoxy) is 1. The van der Waals surface area contributed by atoms with Crippen molar-refractivity contribution in [1.29, 1.82) is 0 Å². The lowest BCUT2D eigenvalue weighted by atomic mass is 9.48. The van der Waals surface area contributed by atoms with Crippen LogP contribution in [0, 0.1) is 23.2 Å². The molecule has 0 radical (unpaired) electrons. The summed E-state index contributed by atoms with van der Waals surface area (Å²) < 4.78 is 7.12. The van der Waals surface area contributed by atoms with E-state index in [4.69, 9.17) is 4.74 Å². The van der Waals surface area contributed by atoms with Crippen LogP contribution in [-0.2, 0) is 14.3 Å². The minimum Gasteiger partial charge on any atom is -0.396 e. The third kappa shape index (κ3) is 3.31. The highest BCUT2D eigenvalue weighted by Gasteiger charge is 2.56. The molecule has 7 rings (SSSR count). The zero-order valence-electron chi connectivity index (χ0n) is 19.2. The first-order valence-corrected chi connectivity index (χ1v) is 12.0. The third-order valence-corrected chi connectivity index (χ3v) is 8.27. The molecule has 0 saturated heterocycles. The van der Waals surface area contributed by atoms with E-state index < -0.39 is 11.8 Å². The summed E-state index contributed by atoms with van der Waals surface area (Å²) in [6, 6.07) is 2.18. The van der Waals surface area contributed by atoms with Gasteiger partial charge in [0.2, 0.25) is 0 Å². The van der Waals surface area contributed by atoms with E-state index in [1.807, 2.05) is 6.07 Å². The number of hydrogen-bond acceptors (Lipinski definition) is 6. The van der Waals surface area contributed by atoms with Crippen LogP contribution < -0.4 is 10.6 Å². The van der Waals surface area contributed by atoms with Crippen LogP contribution in [0.25, 0.3) is 21.9 Å². The molecular weight excluding hydrogens is 436 g/mol. The molecule has 34 heavy (non-hydrogen) atoms. The van der Waals surface area contributed by atoms with E-state index in [1.54, 1.807) is 12.4 Å². The summed E-state index contributed by atoms with van der Waals surface area (Å²) in [5.74, 6) is 0.601. The third-order valence-electron chi connectivity index (χ3n) is 8.27. The number of methoxy groups -OCH3 is 1. The van der Waals surface area contributed by atoms with Crippen molar-refractivity contribution >= 4 is 39.6 Å². The maximum Gasteiger partial charge on any atom is 0.314 e. The highest BCUT2D eigenvalue weighted by Crippen LogP contribution is 2.63. The smallest absolute Gasteiger partial charge is 0.314 e. The van der Waals surface area contributed by atoms with E-state index in [-0.39, 0.29) is 24.6 Å². The number of aliphatic hydroxyl groups is 1. The number of rotatable bonds is 6. The summed E-state index contributed by atoms with van der Waals surface area (Å²) in [4.78, 5) is 33.7. The Kier molecular flexibility index (Phi) is 5.11. The molecule has 4 saturated carbocycles. The number of hydrogen-bond donors (Lipinski definition) is 4. The molecule has 4 N–H and O–H groups in total. The molecule has 10 nitrogen and oxygen atoms in total. The highest BCUT2D eigenvalue weighted by molar-refractivity contribution is 6.40. The van der Waals surface area contributed by atoms with Crippen LogP contribution in [0.15, 0.2) is 18.5 Å². The number of anilines is 1. The Morgan fingerprint density at radius 1 is 1.21 bits per heavy atom. The second-order valence-electron chi connectivity index (χ2n) is 10.4. The lowest BCUT2D eigenvalue weighted by Gasteiger charge is -2.59. The largest absolute Gasteiger partial charge is 0.396 e. The number of pyridine rings is 1. The highest BCUT2D eigenvalue weighted by atomic mass is 16.5. The molecule has 3 aromatic rings. The summed E-state index contributed by atoms with van der Waals surface area (Å²) in [5, 5.41) is 20.6. The van der Waals surface area contributed by atoms with Gasteiger partial charge < -0.3 is 20.5 Å². The maximum atomic E-state index is 12.6. The van der Waals surface area contributed by atoms with E-state index in [0.717, 1.165) is 48.4 Å². The van der Waals surface area contributed by atoms with Gasteiger partial charge in [0.15, 0.2) is 5.65 Å². The van der Waals surface area contributed by atoms with Crippen molar-refractivity contribution in [2.45, 2.75) is 38.1 Å². The van der Waals surface area contributed by atoms with Crippen molar-refractivity contribution in [3.63, 3.8) is 0 Å². The molecule has 3 heterocycles. The fourth-order valence-corrected chi connectivity index (χ4v) is 7.24. The predicted octanol–water partition coefficient (Wildman–Crippen LogP) is 1.97. The Morgan fingerprint density at radius 3 is 2.74 bits per heavy atom. The van der Waals surface area contributed by atoms with Crippen LogP contribution in [0.3, 0.4) is 0 Å². The van der Waals surface area contributed by atoms with Gasteiger partial charge in [-0.1, -0.05) is 0 Å². The first-order chi connectivity index (χ1) is 16.5. The van der Waals surface area contributed by atoms with E-state index in [1.165, 1.54) is 7.11 Å². The molecule has 4 aliphatic rings. The molecule has 0 spiro atoms. The number of nitrogens with one attached hydrogen (secondary N) is 3. The number of carbonyl (C=O) groups is 2. The minimum absolute atomic E-state index is 0.0615. The molecule has 180 valence electrons. The number of aromatic nitrogens is 4. The van der Waals surface area contributed by atoms with E-state index in [0.29, 0.717) is 35.8 Å². The van der Waals surface area contributed by atoms with Crippen LogP contribution in [0.2, 0.25) is 0 Å². The quantitative estimate of drug-likeness (QED) is 0.324. The van der Waals surface area contributed by atoms with Crippen LogP contribution >= 0.6 is 0 Å². The number of nitrogens with zero attached hydrogens (tertiary/aromatic N) is 3. The second kappa shape index (κ2) is 8.06. The summed E-state index contributed by atoms with van der Waals surface area (Å²) in [6.45, 7) is 0.853. The summed E-state index contributed by atoms with van der Waals surface area (Å²) in [5.41, 5.74) is 1.67. The average molecular weight is 467 g/mol. The Labute approximate surface area is 196 Å². The van der Waals surface area contributed by atoms with Crippen molar-refractivity contribution in [3.8, 4) is 0 Å². The topological polar surface area (TPSA) is 134 Å². The number of H-pyrrole nitrogens is 1. The van der Waals surface area contributed by atoms with Crippen molar-refractivity contribution in [3.05, 3.63) is 18.5 Å². The Hall–Kier alpha value is -2.98. The van der Waals surface area contributed by atoms with Gasteiger partial charge in [-0.15, -0.1) is 0 Å². The zero-order valence-corrected chi connectivity index (χ0v) is 19.2. The molecule has 0 aromatic carbocycles. The van der Waals surface area contributed by atoms with Crippen molar-refractivity contribution in [2.24, 2.45) is 23.2 Å². The standard InChI is InChI=1S/C24H30N6O4/c1-34-5-4-26-22(32)23(33)28-21-17-11-27-20-16(2-3-25-20)19(17)30(29-21)18-14-6-13-7-15(18)10-24(8-13,9-14)12-31/h2-3,11,13-15,18,29,31H,4-10,12H2,1H3,(H,26,32)(H,28,33). The van der Waals surface area contributed by atoms with Crippen molar-refractivity contribution < 1.29 is 19.4 Å². The predicted molar refractivity (Wildman–Crippen MR) is 125 cm³/mol. The lowest BCUT2D eigenvalue weighted by molar-refractivity contribution is -0.136. The Morgan fingerprint density at radius 2 is 2.00 bits per heavy atom. The fourth-order valence-electron chi connectivity index (χ4n) is 7.24. The molecule has 10 heteroatoms. The summed E-state index contributed by atoms with van der Waals surface area (Å²) in [6.07, 6.45) is 8.95. The van der Waals surface area contributed by atoms with E-state index in [9.17, 15) is 14.7 Å². The normalized spacial score (nSPS) is 29.7.